The lowest BCUT2D eigenvalue weighted by molar-refractivity contribution is 0.00754. The van der Waals surface area contributed by atoms with Crippen LogP contribution >= 0.6 is 0 Å². The van der Waals surface area contributed by atoms with E-state index in [2.05, 4.69) is 15.7 Å². The van der Waals surface area contributed by atoms with Gasteiger partial charge in [0.1, 0.15) is 5.82 Å². The molecule has 20 heavy (non-hydrogen) atoms. The zero-order valence-corrected chi connectivity index (χ0v) is 12.2. The first-order valence-electron chi connectivity index (χ1n) is 7.31. The molecule has 1 aliphatic rings. The minimum Gasteiger partial charge on any atom is -0.388 e. The number of anilines is 1. The molecule has 1 aromatic rings. The maximum atomic E-state index is 11.9. The molecular weight excluding hydrogens is 256 g/mol. The van der Waals surface area contributed by atoms with E-state index in [0.717, 1.165) is 25.7 Å². The number of carbonyl (C=O) groups excluding carboxylic acids is 1. The van der Waals surface area contributed by atoms with Gasteiger partial charge in [0.15, 0.2) is 0 Å². The first-order valence-corrected chi connectivity index (χ1v) is 7.31. The van der Waals surface area contributed by atoms with Crippen molar-refractivity contribution < 1.29 is 9.90 Å². The van der Waals surface area contributed by atoms with E-state index in [-0.39, 0.29) is 12.1 Å². The lowest BCUT2D eigenvalue weighted by Crippen LogP contribution is -2.45. The number of amides is 2. The summed E-state index contributed by atoms with van der Waals surface area (Å²) in [5.41, 5.74) is -0.742. The van der Waals surface area contributed by atoms with Gasteiger partial charge in [0.05, 0.1) is 11.8 Å². The van der Waals surface area contributed by atoms with Crippen LogP contribution in [0.4, 0.5) is 10.6 Å². The van der Waals surface area contributed by atoms with E-state index in [0.29, 0.717) is 12.4 Å². The summed E-state index contributed by atoms with van der Waals surface area (Å²) in [6.45, 7) is 4.30. The number of nitrogens with zero attached hydrogens (tertiary/aromatic N) is 2. The first kappa shape index (κ1) is 14.8. The van der Waals surface area contributed by atoms with Gasteiger partial charge in [-0.25, -0.2) is 9.48 Å². The summed E-state index contributed by atoms with van der Waals surface area (Å²) in [5, 5.41) is 20.0. The van der Waals surface area contributed by atoms with Crippen LogP contribution in [0.25, 0.3) is 0 Å². The normalized spacial score (nSPS) is 18.0. The Kier molecular flexibility index (Phi) is 4.65. The van der Waals surface area contributed by atoms with E-state index in [9.17, 15) is 9.90 Å². The zero-order valence-electron chi connectivity index (χ0n) is 12.2. The highest BCUT2D eigenvalue weighted by Crippen LogP contribution is 2.27. The van der Waals surface area contributed by atoms with Gasteiger partial charge in [0.2, 0.25) is 0 Å². The number of hydrogen-bond acceptors (Lipinski definition) is 3. The van der Waals surface area contributed by atoms with E-state index >= 15 is 0 Å². The van der Waals surface area contributed by atoms with Crippen molar-refractivity contribution in [3.63, 3.8) is 0 Å². The lowest BCUT2D eigenvalue weighted by atomic mass is 9.85. The third-order valence-corrected chi connectivity index (χ3v) is 3.76. The van der Waals surface area contributed by atoms with Crippen LogP contribution in [0, 0.1) is 0 Å². The number of urea groups is 1. The second kappa shape index (κ2) is 6.26. The van der Waals surface area contributed by atoms with Crippen molar-refractivity contribution in [2.45, 2.75) is 57.6 Å². The van der Waals surface area contributed by atoms with Crippen molar-refractivity contribution in [1.29, 1.82) is 0 Å². The standard InChI is InChI=1S/C14H24N4O2/c1-11(2)18-12(6-9-16-18)17-13(19)15-10-14(20)7-4-3-5-8-14/h6,9,11,20H,3-5,7-8,10H2,1-2H3,(H2,15,17,19). The molecule has 0 atom stereocenters. The Morgan fingerprint density at radius 3 is 2.80 bits per heavy atom. The molecular formula is C14H24N4O2. The summed E-state index contributed by atoms with van der Waals surface area (Å²) >= 11 is 0. The smallest absolute Gasteiger partial charge is 0.320 e. The van der Waals surface area contributed by atoms with E-state index in [1.807, 2.05) is 13.8 Å². The van der Waals surface area contributed by atoms with Crippen LogP contribution in [0.5, 0.6) is 0 Å². The first-order chi connectivity index (χ1) is 9.50. The molecule has 0 spiro atoms. The van der Waals surface area contributed by atoms with Crippen LogP contribution in [0.15, 0.2) is 12.3 Å². The highest BCUT2D eigenvalue weighted by Gasteiger charge is 2.29. The van der Waals surface area contributed by atoms with Gasteiger partial charge in [0.25, 0.3) is 0 Å². The molecule has 0 aliphatic heterocycles. The number of nitrogens with one attached hydrogen (secondary N) is 2. The third-order valence-electron chi connectivity index (χ3n) is 3.76. The molecule has 2 amide bonds. The van der Waals surface area contributed by atoms with Gasteiger partial charge in [-0.1, -0.05) is 19.3 Å². The van der Waals surface area contributed by atoms with Crippen LogP contribution < -0.4 is 10.6 Å². The van der Waals surface area contributed by atoms with Gasteiger partial charge in [-0.05, 0) is 26.7 Å². The predicted octanol–water partition coefficient (Wildman–Crippen LogP) is 2.28. The molecule has 0 unspecified atom stereocenters. The number of hydrogen-bond donors (Lipinski definition) is 3. The Bertz CT molecular complexity index is 450. The van der Waals surface area contributed by atoms with Crippen molar-refractivity contribution in [2.75, 3.05) is 11.9 Å². The van der Waals surface area contributed by atoms with E-state index < -0.39 is 5.60 Å². The molecule has 0 saturated heterocycles. The van der Waals surface area contributed by atoms with Crippen molar-refractivity contribution >= 4 is 11.8 Å². The van der Waals surface area contributed by atoms with Crippen LogP contribution in [-0.4, -0.2) is 33.1 Å². The quantitative estimate of drug-likeness (QED) is 0.791. The fraction of sp³-hybridized carbons (Fsp3) is 0.714. The molecule has 6 nitrogen and oxygen atoms in total. The van der Waals surface area contributed by atoms with Gasteiger partial charge in [-0.2, -0.15) is 5.10 Å². The fourth-order valence-electron chi connectivity index (χ4n) is 2.62. The summed E-state index contributed by atoms with van der Waals surface area (Å²) < 4.78 is 1.74. The molecule has 2 rings (SSSR count). The SMILES string of the molecule is CC(C)n1nccc1NC(=O)NCC1(O)CCCCC1. The maximum absolute atomic E-state index is 11.9. The molecule has 6 heteroatoms. The highest BCUT2D eigenvalue weighted by atomic mass is 16.3. The highest BCUT2D eigenvalue weighted by molar-refractivity contribution is 5.88. The number of aromatic nitrogens is 2. The largest absolute Gasteiger partial charge is 0.388 e. The Balaban J connectivity index is 1.84. The van der Waals surface area contributed by atoms with Crippen LogP contribution in [0.3, 0.4) is 0 Å². The van der Waals surface area contributed by atoms with Gasteiger partial charge >= 0.3 is 6.03 Å². The molecule has 112 valence electrons. The molecule has 1 aromatic heterocycles. The van der Waals surface area contributed by atoms with Crippen molar-refractivity contribution in [1.82, 2.24) is 15.1 Å². The zero-order chi connectivity index (χ0) is 14.6. The Morgan fingerprint density at radius 2 is 2.15 bits per heavy atom. The monoisotopic (exact) mass is 280 g/mol. The van der Waals surface area contributed by atoms with Crippen molar-refractivity contribution in [3.05, 3.63) is 12.3 Å². The Labute approximate surface area is 119 Å². The second-order valence-electron chi connectivity index (χ2n) is 5.85. The molecule has 0 radical (unpaired) electrons. The topological polar surface area (TPSA) is 79.2 Å². The Hall–Kier alpha value is -1.56. The average Bonchev–Trinajstić information content (AvgIpc) is 2.86. The predicted molar refractivity (Wildman–Crippen MR) is 77.7 cm³/mol. The molecule has 1 heterocycles. The molecule has 1 aliphatic carbocycles. The molecule has 0 aromatic carbocycles. The molecule has 1 fully saturated rings. The van der Waals surface area contributed by atoms with Crippen LogP contribution in [0.1, 0.15) is 52.0 Å². The van der Waals surface area contributed by atoms with Gasteiger partial charge in [-0.3, -0.25) is 5.32 Å². The van der Waals surface area contributed by atoms with Crippen LogP contribution in [-0.2, 0) is 0 Å². The summed E-state index contributed by atoms with van der Waals surface area (Å²) in [6.07, 6.45) is 6.40. The number of carbonyl (C=O) groups is 1. The summed E-state index contributed by atoms with van der Waals surface area (Å²) in [6, 6.07) is 1.64. The summed E-state index contributed by atoms with van der Waals surface area (Å²) in [5.74, 6) is 0.660. The fourth-order valence-corrected chi connectivity index (χ4v) is 2.62. The molecule has 1 saturated carbocycles. The van der Waals surface area contributed by atoms with Gasteiger partial charge < -0.3 is 10.4 Å². The van der Waals surface area contributed by atoms with Gasteiger partial charge in [-0.15, -0.1) is 0 Å². The van der Waals surface area contributed by atoms with Crippen molar-refractivity contribution in [2.24, 2.45) is 0 Å². The number of aliphatic hydroxyl groups is 1. The lowest BCUT2D eigenvalue weighted by Gasteiger charge is -2.32. The van der Waals surface area contributed by atoms with Crippen LogP contribution in [0.2, 0.25) is 0 Å². The minimum atomic E-state index is -0.742. The second-order valence-corrected chi connectivity index (χ2v) is 5.85. The third kappa shape index (κ3) is 3.72. The van der Waals surface area contributed by atoms with E-state index in [1.165, 1.54) is 6.42 Å². The number of rotatable bonds is 4. The Morgan fingerprint density at radius 1 is 1.45 bits per heavy atom. The average molecular weight is 280 g/mol. The van der Waals surface area contributed by atoms with E-state index in [1.54, 1.807) is 16.9 Å². The maximum Gasteiger partial charge on any atom is 0.320 e. The minimum absolute atomic E-state index is 0.183. The van der Waals surface area contributed by atoms with Gasteiger partial charge in [0, 0.05) is 18.7 Å². The van der Waals surface area contributed by atoms with Crippen molar-refractivity contribution in [3.8, 4) is 0 Å². The van der Waals surface area contributed by atoms with E-state index in [4.69, 9.17) is 0 Å². The summed E-state index contributed by atoms with van der Waals surface area (Å²) in [7, 11) is 0. The molecule has 3 N–H and O–H groups in total. The molecule has 0 bridgehead atoms. The summed E-state index contributed by atoms with van der Waals surface area (Å²) in [4.78, 5) is 11.9.